The lowest BCUT2D eigenvalue weighted by atomic mass is 10.1. The zero-order valence-electron chi connectivity index (χ0n) is 15.7. The van der Waals surface area contributed by atoms with Gasteiger partial charge in [-0.3, -0.25) is 9.59 Å². The zero-order valence-corrected chi connectivity index (χ0v) is 15.7. The minimum Gasteiger partial charge on any atom is -0.493 e. The molecule has 7 heteroatoms. The van der Waals surface area contributed by atoms with Gasteiger partial charge in [0, 0.05) is 18.2 Å². The van der Waals surface area contributed by atoms with Gasteiger partial charge in [0.15, 0.2) is 11.5 Å². The average molecular weight is 364 g/mol. The van der Waals surface area contributed by atoms with Gasteiger partial charge >= 0.3 is 0 Å². The summed E-state index contributed by atoms with van der Waals surface area (Å²) in [5.41, 5.74) is 0.405. The smallest absolute Gasteiger partial charge is 0.251 e. The molecule has 2 unspecified atom stereocenters. The van der Waals surface area contributed by atoms with E-state index < -0.39 is 0 Å². The number of hydrogen-bond donors (Lipinski definition) is 2. The fourth-order valence-electron chi connectivity index (χ4n) is 2.95. The Morgan fingerprint density at radius 3 is 2.69 bits per heavy atom. The van der Waals surface area contributed by atoms with Crippen LogP contribution in [0.4, 0.5) is 0 Å². The van der Waals surface area contributed by atoms with E-state index in [0.717, 1.165) is 32.3 Å². The standard InChI is InChI=1S/C19H28N2O5/c1-13(6-8-15-5-4-10-26-15)21-18(22)12-20-19(23)14-7-9-16(24-2)17(11-14)25-3/h7,9,11,13,15H,4-6,8,10,12H2,1-3H3,(H,20,23)(H,21,22). The zero-order chi connectivity index (χ0) is 18.9. The van der Waals surface area contributed by atoms with Crippen molar-refractivity contribution in [2.45, 2.75) is 44.8 Å². The third kappa shape index (κ3) is 5.91. The Bertz CT molecular complexity index is 614. The molecule has 1 heterocycles. The average Bonchev–Trinajstić information content (AvgIpc) is 3.17. The second kappa shape index (κ2) is 10.0. The number of amides is 2. The molecular formula is C19H28N2O5. The van der Waals surface area contributed by atoms with Crippen LogP contribution in [0.1, 0.15) is 43.0 Å². The van der Waals surface area contributed by atoms with E-state index in [1.165, 1.54) is 14.2 Å². The molecule has 0 spiro atoms. The van der Waals surface area contributed by atoms with E-state index in [1.807, 2.05) is 6.92 Å². The molecule has 1 aliphatic rings. The Morgan fingerprint density at radius 2 is 2.04 bits per heavy atom. The summed E-state index contributed by atoms with van der Waals surface area (Å²) >= 11 is 0. The van der Waals surface area contributed by atoms with Gasteiger partial charge in [-0.15, -0.1) is 0 Å². The number of methoxy groups -OCH3 is 2. The minimum absolute atomic E-state index is 0.0460. The number of rotatable bonds is 9. The monoisotopic (exact) mass is 364 g/mol. The van der Waals surface area contributed by atoms with Gasteiger partial charge in [-0.2, -0.15) is 0 Å². The number of hydrogen-bond acceptors (Lipinski definition) is 5. The van der Waals surface area contributed by atoms with Crippen LogP contribution in [-0.4, -0.2) is 51.3 Å². The Labute approximate surface area is 154 Å². The summed E-state index contributed by atoms with van der Waals surface area (Å²) in [7, 11) is 3.03. The summed E-state index contributed by atoms with van der Waals surface area (Å²) in [5, 5.41) is 5.52. The summed E-state index contributed by atoms with van der Waals surface area (Å²) < 4.78 is 15.9. The van der Waals surface area contributed by atoms with Gasteiger partial charge in [0.2, 0.25) is 5.91 Å². The Morgan fingerprint density at radius 1 is 1.27 bits per heavy atom. The number of benzene rings is 1. The van der Waals surface area contributed by atoms with Crippen molar-refractivity contribution >= 4 is 11.8 Å². The third-order valence-electron chi connectivity index (χ3n) is 4.41. The summed E-state index contributed by atoms with van der Waals surface area (Å²) in [6.07, 6.45) is 4.34. The highest BCUT2D eigenvalue weighted by Gasteiger charge is 2.17. The van der Waals surface area contributed by atoms with Crippen molar-refractivity contribution in [1.82, 2.24) is 10.6 Å². The van der Waals surface area contributed by atoms with Crippen molar-refractivity contribution in [2.75, 3.05) is 27.4 Å². The quantitative estimate of drug-likeness (QED) is 0.699. The van der Waals surface area contributed by atoms with E-state index in [-0.39, 0.29) is 24.4 Å². The van der Waals surface area contributed by atoms with E-state index in [2.05, 4.69) is 10.6 Å². The van der Waals surface area contributed by atoms with Gasteiger partial charge in [-0.1, -0.05) is 0 Å². The first-order valence-corrected chi connectivity index (χ1v) is 8.94. The molecule has 1 fully saturated rings. The Hall–Kier alpha value is -2.28. The van der Waals surface area contributed by atoms with Crippen LogP contribution in [0.2, 0.25) is 0 Å². The molecule has 144 valence electrons. The van der Waals surface area contributed by atoms with E-state index in [0.29, 0.717) is 23.2 Å². The van der Waals surface area contributed by atoms with Crippen LogP contribution >= 0.6 is 0 Å². The van der Waals surface area contributed by atoms with Gasteiger partial charge in [-0.05, 0) is 50.8 Å². The number of ether oxygens (including phenoxy) is 3. The molecule has 0 aromatic heterocycles. The number of nitrogens with one attached hydrogen (secondary N) is 2. The molecule has 1 saturated heterocycles. The minimum atomic E-state index is -0.340. The predicted octanol–water partition coefficient (Wildman–Crippen LogP) is 1.90. The second-order valence-electron chi connectivity index (χ2n) is 6.43. The highest BCUT2D eigenvalue weighted by Crippen LogP contribution is 2.27. The molecule has 0 saturated carbocycles. The predicted molar refractivity (Wildman–Crippen MR) is 97.7 cm³/mol. The lowest BCUT2D eigenvalue weighted by molar-refractivity contribution is -0.120. The van der Waals surface area contributed by atoms with Crippen molar-refractivity contribution in [3.05, 3.63) is 23.8 Å². The molecular weight excluding hydrogens is 336 g/mol. The molecule has 1 aromatic rings. The van der Waals surface area contributed by atoms with Crippen molar-refractivity contribution in [3.63, 3.8) is 0 Å². The molecule has 2 rings (SSSR count). The van der Waals surface area contributed by atoms with Crippen LogP contribution in [0, 0.1) is 0 Å². The lowest BCUT2D eigenvalue weighted by Gasteiger charge is -2.16. The van der Waals surface area contributed by atoms with Crippen molar-refractivity contribution < 1.29 is 23.8 Å². The summed E-state index contributed by atoms with van der Waals surface area (Å²) in [4.78, 5) is 24.2. The van der Waals surface area contributed by atoms with Gasteiger partial charge in [0.25, 0.3) is 5.91 Å². The molecule has 0 aliphatic carbocycles. The lowest BCUT2D eigenvalue weighted by Crippen LogP contribution is -2.41. The van der Waals surface area contributed by atoms with Crippen molar-refractivity contribution in [2.24, 2.45) is 0 Å². The maximum atomic E-state index is 12.2. The van der Waals surface area contributed by atoms with Crippen LogP contribution in [0.25, 0.3) is 0 Å². The summed E-state index contributed by atoms with van der Waals surface area (Å²) in [6.45, 7) is 2.73. The van der Waals surface area contributed by atoms with Crippen LogP contribution in [-0.2, 0) is 9.53 Å². The first kappa shape index (κ1) is 20.0. The van der Waals surface area contributed by atoms with Gasteiger partial charge in [0.05, 0.1) is 26.9 Å². The maximum Gasteiger partial charge on any atom is 0.251 e. The fraction of sp³-hybridized carbons (Fsp3) is 0.579. The van der Waals surface area contributed by atoms with Gasteiger partial charge < -0.3 is 24.8 Å². The molecule has 26 heavy (non-hydrogen) atoms. The highest BCUT2D eigenvalue weighted by atomic mass is 16.5. The van der Waals surface area contributed by atoms with Crippen LogP contribution in [0.3, 0.4) is 0 Å². The van der Waals surface area contributed by atoms with E-state index in [1.54, 1.807) is 18.2 Å². The second-order valence-corrected chi connectivity index (χ2v) is 6.43. The SMILES string of the molecule is COc1ccc(C(=O)NCC(=O)NC(C)CCC2CCCO2)cc1OC. The van der Waals surface area contributed by atoms with Crippen LogP contribution in [0.15, 0.2) is 18.2 Å². The van der Waals surface area contributed by atoms with E-state index >= 15 is 0 Å². The number of carbonyl (C=O) groups is 2. The molecule has 1 aliphatic heterocycles. The topological polar surface area (TPSA) is 85.9 Å². The van der Waals surface area contributed by atoms with E-state index in [9.17, 15) is 9.59 Å². The van der Waals surface area contributed by atoms with Crippen LogP contribution in [0.5, 0.6) is 11.5 Å². The molecule has 2 amide bonds. The first-order chi connectivity index (χ1) is 12.5. The normalized spacial score (nSPS) is 17.4. The van der Waals surface area contributed by atoms with Crippen LogP contribution < -0.4 is 20.1 Å². The molecule has 2 N–H and O–H groups in total. The number of carbonyl (C=O) groups excluding carboxylic acids is 2. The van der Waals surface area contributed by atoms with Gasteiger partial charge in [0.1, 0.15) is 0 Å². The largest absolute Gasteiger partial charge is 0.493 e. The first-order valence-electron chi connectivity index (χ1n) is 8.94. The molecule has 0 radical (unpaired) electrons. The summed E-state index contributed by atoms with van der Waals surface area (Å²) in [5.74, 6) is 0.459. The highest BCUT2D eigenvalue weighted by molar-refractivity contribution is 5.97. The maximum absolute atomic E-state index is 12.2. The molecule has 0 bridgehead atoms. The molecule has 2 atom stereocenters. The van der Waals surface area contributed by atoms with Crippen molar-refractivity contribution in [3.8, 4) is 11.5 Å². The Kier molecular flexibility index (Phi) is 7.72. The van der Waals surface area contributed by atoms with E-state index in [4.69, 9.17) is 14.2 Å². The van der Waals surface area contributed by atoms with Crippen molar-refractivity contribution in [1.29, 1.82) is 0 Å². The summed E-state index contributed by atoms with van der Waals surface area (Å²) in [6, 6.07) is 4.90. The Balaban J connectivity index is 1.74. The molecule has 1 aromatic carbocycles. The fourth-order valence-corrected chi connectivity index (χ4v) is 2.95. The third-order valence-corrected chi connectivity index (χ3v) is 4.41. The van der Waals surface area contributed by atoms with Gasteiger partial charge in [-0.25, -0.2) is 0 Å². The molecule has 7 nitrogen and oxygen atoms in total.